The van der Waals surface area contributed by atoms with Gasteiger partial charge in [-0.3, -0.25) is 0 Å². The van der Waals surface area contributed by atoms with Crippen molar-refractivity contribution in [2.45, 2.75) is 26.1 Å². The Balaban J connectivity index is 3.15. The second-order valence-electron chi connectivity index (χ2n) is 3.80. The zero-order chi connectivity index (χ0) is 13.1. The van der Waals surface area contributed by atoms with E-state index in [9.17, 15) is 13.2 Å². The van der Waals surface area contributed by atoms with Crippen molar-refractivity contribution >= 4 is 5.82 Å². The van der Waals surface area contributed by atoms with Crippen LogP contribution < -0.4 is 10.6 Å². The molecule has 0 bridgehead atoms. The standard InChI is InChI=1S/C11H16F3N3/c1-3-6-17(2)10-8(7-15)4-5-9(16-10)11(12,13)14/h4-5H,3,6-7,15H2,1-2H3. The molecule has 0 saturated carbocycles. The Morgan fingerprint density at radius 2 is 2.00 bits per heavy atom. The molecule has 2 N–H and O–H groups in total. The summed E-state index contributed by atoms with van der Waals surface area (Å²) in [6, 6.07) is 2.35. The molecule has 0 radical (unpaired) electrons. The summed E-state index contributed by atoms with van der Waals surface area (Å²) in [5.74, 6) is 0.309. The van der Waals surface area contributed by atoms with E-state index in [2.05, 4.69) is 4.98 Å². The second-order valence-corrected chi connectivity index (χ2v) is 3.80. The summed E-state index contributed by atoms with van der Waals surface area (Å²) in [5.41, 5.74) is 5.23. The minimum absolute atomic E-state index is 0.175. The lowest BCUT2D eigenvalue weighted by Crippen LogP contribution is -2.23. The molecule has 1 heterocycles. The number of anilines is 1. The minimum Gasteiger partial charge on any atom is -0.359 e. The molecule has 6 heteroatoms. The molecular weight excluding hydrogens is 231 g/mol. The highest BCUT2D eigenvalue weighted by molar-refractivity contribution is 5.47. The number of rotatable bonds is 4. The SMILES string of the molecule is CCCN(C)c1nc(C(F)(F)F)ccc1CN. The van der Waals surface area contributed by atoms with Gasteiger partial charge in [-0.1, -0.05) is 13.0 Å². The van der Waals surface area contributed by atoms with E-state index in [1.54, 1.807) is 11.9 Å². The summed E-state index contributed by atoms with van der Waals surface area (Å²) in [4.78, 5) is 5.35. The summed E-state index contributed by atoms with van der Waals surface area (Å²) >= 11 is 0. The Labute approximate surface area is 98.4 Å². The molecule has 0 atom stereocenters. The van der Waals surface area contributed by atoms with E-state index >= 15 is 0 Å². The Morgan fingerprint density at radius 3 is 2.47 bits per heavy atom. The van der Waals surface area contributed by atoms with Gasteiger partial charge in [-0.25, -0.2) is 4.98 Å². The maximum atomic E-state index is 12.5. The number of hydrogen-bond acceptors (Lipinski definition) is 3. The molecule has 0 aliphatic carbocycles. The van der Waals surface area contributed by atoms with Crippen molar-refractivity contribution in [3.8, 4) is 0 Å². The molecule has 0 unspecified atom stereocenters. The van der Waals surface area contributed by atoms with E-state index < -0.39 is 11.9 Å². The summed E-state index contributed by atoms with van der Waals surface area (Å²) in [5, 5.41) is 0. The molecular formula is C11H16F3N3. The molecule has 96 valence electrons. The number of hydrogen-bond donors (Lipinski definition) is 1. The highest BCUT2D eigenvalue weighted by atomic mass is 19.4. The normalized spacial score (nSPS) is 11.6. The largest absolute Gasteiger partial charge is 0.433 e. The van der Waals surface area contributed by atoms with E-state index in [-0.39, 0.29) is 6.54 Å². The van der Waals surface area contributed by atoms with Crippen molar-refractivity contribution in [1.29, 1.82) is 0 Å². The van der Waals surface area contributed by atoms with Gasteiger partial charge in [-0.2, -0.15) is 13.2 Å². The number of aromatic nitrogens is 1. The number of pyridine rings is 1. The number of nitrogens with zero attached hydrogens (tertiary/aromatic N) is 2. The molecule has 3 nitrogen and oxygen atoms in total. The van der Waals surface area contributed by atoms with Crippen LogP contribution in [-0.2, 0) is 12.7 Å². The van der Waals surface area contributed by atoms with E-state index in [4.69, 9.17) is 5.73 Å². The summed E-state index contributed by atoms with van der Waals surface area (Å²) < 4.78 is 37.6. The minimum atomic E-state index is -4.42. The molecule has 0 amide bonds. The molecule has 1 rings (SSSR count). The average molecular weight is 247 g/mol. The lowest BCUT2D eigenvalue weighted by atomic mass is 10.2. The zero-order valence-electron chi connectivity index (χ0n) is 9.88. The highest BCUT2D eigenvalue weighted by Gasteiger charge is 2.33. The fraction of sp³-hybridized carbons (Fsp3) is 0.545. The van der Waals surface area contributed by atoms with E-state index in [0.717, 1.165) is 12.5 Å². The Kier molecular flexibility index (Phi) is 4.34. The monoisotopic (exact) mass is 247 g/mol. The molecule has 0 fully saturated rings. The van der Waals surface area contributed by atoms with Crippen molar-refractivity contribution in [3.63, 3.8) is 0 Å². The molecule has 17 heavy (non-hydrogen) atoms. The molecule has 1 aromatic rings. The Bertz CT molecular complexity index is 377. The summed E-state index contributed by atoms with van der Waals surface area (Å²) in [6.45, 7) is 2.77. The fourth-order valence-corrected chi connectivity index (χ4v) is 1.57. The smallest absolute Gasteiger partial charge is 0.359 e. The van der Waals surface area contributed by atoms with Crippen LogP contribution in [0.1, 0.15) is 24.6 Å². The molecule has 0 spiro atoms. The van der Waals surface area contributed by atoms with Crippen LogP contribution in [0.2, 0.25) is 0 Å². The van der Waals surface area contributed by atoms with Crippen LogP contribution in [-0.4, -0.2) is 18.6 Å². The van der Waals surface area contributed by atoms with E-state index in [1.165, 1.54) is 6.07 Å². The van der Waals surface area contributed by atoms with Crippen LogP contribution in [0.4, 0.5) is 19.0 Å². The summed E-state index contributed by atoms with van der Waals surface area (Å²) in [6.07, 6.45) is -3.59. The van der Waals surface area contributed by atoms with Gasteiger partial charge in [0.05, 0.1) is 0 Å². The van der Waals surface area contributed by atoms with Gasteiger partial charge in [-0.15, -0.1) is 0 Å². The van der Waals surface area contributed by atoms with Gasteiger partial charge >= 0.3 is 6.18 Å². The average Bonchev–Trinajstić information content (AvgIpc) is 2.27. The van der Waals surface area contributed by atoms with Gasteiger partial charge in [0.2, 0.25) is 0 Å². The van der Waals surface area contributed by atoms with Crippen LogP contribution in [0.15, 0.2) is 12.1 Å². The molecule has 0 aliphatic rings. The van der Waals surface area contributed by atoms with Crippen LogP contribution in [0, 0.1) is 0 Å². The molecule has 1 aromatic heterocycles. The van der Waals surface area contributed by atoms with Gasteiger partial charge in [0.1, 0.15) is 11.5 Å². The van der Waals surface area contributed by atoms with Gasteiger partial charge in [-0.05, 0) is 12.5 Å². The maximum Gasteiger partial charge on any atom is 0.433 e. The van der Waals surface area contributed by atoms with Crippen LogP contribution in [0.25, 0.3) is 0 Å². The third kappa shape index (κ3) is 3.33. The number of halogens is 3. The van der Waals surface area contributed by atoms with E-state index in [1.807, 2.05) is 6.92 Å². The fourth-order valence-electron chi connectivity index (χ4n) is 1.57. The first-order valence-corrected chi connectivity index (χ1v) is 5.38. The first kappa shape index (κ1) is 13.8. The number of alkyl halides is 3. The van der Waals surface area contributed by atoms with E-state index in [0.29, 0.717) is 17.9 Å². The third-order valence-electron chi connectivity index (χ3n) is 2.39. The predicted octanol–water partition coefficient (Wildman–Crippen LogP) is 2.41. The molecule has 0 aromatic carbocycles. The van der Waals surface area contributed by atoms with Gasteiger partial charge in [0.15, 0.2) is 0 Å². The summed E-state index contributed by atoms with van der Waals surface area (Å²) in [7, 11) is 1.71. The topological polar surface area (TPSA) is 42.2 Å². The highest BCUT2D eigenvalue weighted by Crippen LogP contribution is 2.30. The Hall–Kier alpha value is -1.30. The van der Waals surface area contributed by atoms with Crippen molar-refractivity contribution < 1.29 is 13.2 Å². The zero-order valence-corrected chi connectivity index (χ0v) is 9.88. The second kappa shape index (κ2) is 5.35. The van der Waals surface area contributed by atoms with Crippen molar-refractivity contribution in [1.82, 2.24) is 4.98 Å². The first-order chi connectivity index (χ1) is 7.90. The van der Waals surface area contributed by atoms with Crippen molar-refractivity contribution in [2.24, 2.45) is 5.73 Å². The lowest BCUT2D eigenvalue weighted by molar-refractivity contribution is -0.141. The Morgan fingerprint density at radius 1 is 1.35 bits per heavy atom. The van der Waals surface area contributed by atoms with Crippen molar-refractivity contribution in [2.75, 3.05) is 18.5 Å². The maximum absolute atomic E-state index is 12.5. The van der Waals surface area contributed by atoms with Crippen molar-refractivity contribution in [3.05, 3.63) is 23.4 Å². The van der Waals surface area contributed by atoms with Crippen LogP contribution >= 0.6 is 0 Å². The quantitative estimate of drug-likeness (QED) is 0.888. The first-order valence-electron chi connectivity index (χ1n) is 5.38. The molecule has 0 aliphatic heterocycles. The lowest BCUT2D eigenvalue weighted by Gasteiger charge is -2.21. The predicted molar refractivity (Wildman–Crippen MR) is 60.7 cm³/mol. The van der Waals surface area contributed by atoms with Gasteiger partial charge < -0.3 is 10.6 Å². The molecule has 0 saturated heterocycles. The van der Waals surface area contributed by atoms with Crippen LogP contribution in [0.3, 0.4) is 0 Å². The number of nitrogens with two attached hydrogens (primary N) is 1. The van der Waals surface area contributed by atoms with Gasteiger partial charge in [0, 0.05) is 25.7 Å². The third-order valence-corrected chi connectivity index (χ3v) is 2.39. The van der Waals surface area contributed by atoms with Crippen LogP contribution in [0.5, 0.6) is 0 Å². The van der Waals surface area contributed by atoms with Gasteiger partial charge in [0.25, 0.3) is 0 Å².